The minimum Gasteiger partial charge on any atom is -0.496 e. The molecule has 0 radical (unpaired) electrons. The normalized spacial score (nSPS) is 11.4. The molecule has 6 nitrogen and oxygen atoms in total. The van der Waals surface area contributed by atoms with E-state index in [0.29, 0.717) is 10.6 Å². The van der Waals surface area contributed by atoms with Crippen LogP contribution in [-0.2, 0) is 10.0 Å². The third-order valence-electron chi connectivity index (χ3n) is 2.95. The molecule has 0 spiro atoms. The first kappa shape index (κ1) is 18.0. The largest absolute Gasteiger partial charge is 0.496 e. The Labute approximate surface area is 145 Å². The lowest BCUT2D eigenvalue weighted by Crippen LogP contribution is -2.40. The molecule has 126 valence electrons. The van der Waals surface area contributed by atoms with Gasteiger partial charge in [-0.15, -0.1) is 4.83 Å². The number of carbonyl (C=O) groups excluding carboxylic acids is 1. The van der Waals surface area contributed by atoms with Crippen LogP contribution in [0.4, 0.5) is 0 Å². The number of halogens is 1. The third kappa shape index (κ3) is 5.09. The molecular weight excluding hydrogens is 352 g/mol. The zero-order valence-corrected chi connectivity index (χ0v) is 14.3. The van der Waals surface area contributed by atoms with Gasteiger partial charge in [0, 0.05) is 10.4 Å². The maximum absolute atomic E-state index is 12.1. The number of sulfonamides is 1. The monoisotopic (exact) mass is 366 g/mol. The first-order valence-electron chi connectivity index (χ1n) is 6.80. The van der Waals surface area contributed by atoms with Gasteiger partial charge in [-0.2, -0.15) is 0 Å². The topological polar surface area (TPSA) is 84.5 Å². The van der Waals surface area contributed by atoms with Gasteiger partial charge in [0.25, 0.3) is 15.9 Å². The average Bonchev–Trinajstić information content (AvgIpc) is 2.59. The molecule has 0 unspecified atom stereocenters. The number of benzene rings is 2. The maximum atomic E-state index is 12.1. The smallest absolute Gasteiger partial charge is 0.270 e. The minimum atomic E-state index is -3.85. The zero-order chi connectivity index (χ0) is 17.6. The highest BCUT2D eigenvalue weighted by atomic mass is 35.5. The van der Waals surface area contributed by atoms with Crippen LogP contribution in [0.5, 0.6) is 5.75 Å². The maximum Gasteiger partial charge on any atom is 0.270 e. The van der Waals surface area contributed by atoms with Gasteiger partial charge in [-0.3, -0.25) is 10.2 Å². The van der Waals surface area contributed by atoms with Crippen LogP contribution in [0, 0.1) is 0 Å². The summed E-state index contributed by atoms with van der Waals surface area (Å²) in [7, 11) is -2.45. The lowest BCUT2D eigenvalue weighted by atomic mass is 10.2. The van der Waals surface area contributed by atoms with Crippen LogP contribution < -0.4 is 15.0 Å². The molecule has 0 saturated carbocycles. The Morgan fingerprint density at radius 3 is 2.54 bits per heavy atom. The number of methoxy groups -OCH3 is 1. The molecule has 0 bridgehead atoms. The standard InChI is InChI=1S/C16H15ClN2O4S/c1-23-15-8-7-13(17)11-14(15)16(20)18-19-24(21,22)10-9-12-5-3-2-4-6-12/h2-11,19H,1H3,(H,18,20)/b10-9+. The van der Waals surface area contributed by atoms with E-state index in [0.717, 1.165) is 5.41 Å². The van der Waals surface area contributed by atoms with E-state index in [9.17, 15) is 13.2 Å². The second kappa shape index (κ2) is 7.96. The van der Waals surface area contributed by atoms with Crippen LogP contribution in [-0.4, -0.2) is 21.4 Å². The van der Waals surface area contributed by atoms with Gasteiger partial charge in [0.2, 0.25) is 0 Å². The lowest BCUT2D eigenvalue weighted by Gasteiger charge is -2.09. The van der Waals surface area contributed by atoms with Crippen LogP contribution >= 0.6 is 11.6 Å². The number of ether oxygens (including phenoxy) is 1. The fraction of sp³-hybridized carbons (Fsp3) is 0.0625. The van der Waals surface area contributed by atoms with Crippen molar-refractivity contribution < 1.29 is 17.9 Å². The molecule has 24 heavy (non-hydrogen) atoms. The van der Waals surface area contributed by atoms with Crippen LogP contribution in [0.2, 0.25) is 5.02 Å². The predicted octanol–water partition coefficient (Wildman–Crippen LogP) is 2.58. The molecule has 0 atom stereocenters. The number of amides is 1. The summed E-state index contributed by atoms with van der Waals surface area (Å²) in [6.07, 6.45) is 1.41. The molecule has 2 N–H and O–H groups in total. The molecule has 0 aromatic heterocycles. The Kier molecular flexibility index (Phi) is 5.97. The molecule has 0 aliphatic rings. The highest BCUT2D eigenvalue weighted by molar-refractivity contribution is 7.92. The van der Waals surface area contributed by atoms with Gasteiger partial charge in [0.15, 0.2) is 0 Å². The zero-order valence-electron chi connectivity index (χ0n) is 12.7. The van der Waals surface area contributed by atoms with Crippen molar-refractivity contribution in [1.29, 1.82) is 0 Å². The first-order chi connectivity index (χ1) is 11.4. The number of nitrogens with one attached hydrogen (secondary N) is 2. The summed E-state index contributed by atoms with van der Waals surface area (Å²) < 4.78 is 28.8. The molecule has 2 aromatic carbocycles. The fourth-order valence-electron chi connectivity index (χ4n) is 1.81. The van der Waals surface area contributed by atoms with Crippen molar-refractivity contribution in [3.05, 3.63) is 70.1 Å². The molecule has 1 amide bonds. The van der Waals surface area contributed by atoms with E-state index in [2.05, 4.69) is 5.43 Å². The SMILES string of the molecule is COc1ccc(Cl)cc1C(=O)NNS(=O)(=O)/C=C/c1ccccc1. The molecule has 2 rings (SSSR count). The average molecular weight is 367 g/mol. The predicted molar refractivity (Wildman–Crippen MR) is 93.0 cm³/mol. The van der Waals surface area contributed by atoms with Crippen LogP contribution in [0.3, 0.4) is 0 Å². The van der Waals surface area contributed by atoms with Gasteiger partial charge in [-0.05, 0) is 29.8 Å². The Morgan fingerprint density at radius 2 is 1.88 bits per heavy atom. The van der Waals surface area contributed by atoms with Gasteiger partial charge in [-0.1, -0.05) is 41.9 Å². The molecular formula is C16H15ClN2O4S. The molecule has 0 saturated heterocycles. The van der Waals surface area contributed by atoms with Gasteiger partial charge in [0.1, 0.15) is 5.75 Å². The van der Waals surface area contributed by atoms with Gasteiger partial charge < -0.3 is 4.74 Å². The molecule has 0 aliphatic carbocycles. The number of rotatable bonds is 6. The first-order valence-corrected chi connectivity index (χ1v) is 8.72. The summed E-state index contributed by atoms with van der Waals surface area (Å²) in [4.78, 5) is 14.1. The van der Waals surface area contributed by atoms with Crippen LogP contribution in [0.1, 0.15) is 15.9 Å². The summed E-state index contributed by atoms with van der Waals surface area (Å²) in [6.45, 7) is 0. The van der Waals surface area contributed by atoms with E-state index >= 15 is 0 Å². The quantitative estimate of drug-likeness (QED) is 0.769. The number of hydrogen-bond donors (Lipinski definition) is 2. The summed E-state index contributed by atoms with van der Waals surface area (Å²) in [6, 6.07) is 13.3. The van der Waals surface area contributed by atoms with Crippen LogP contribution in [0.15, 0.2) is 53.9 Å². The van der Waals surface area contributed by atoms with Crippen molar-refractivity contribution in [3.8, 4) is 5.75 Å². The number of hydrogen-bond acceptors (Lipinski definition) is 4. The second-order valence-electron chi connectivity index (χ2n) is 4.66. The Bertz CT molecular complexity index is 852. The van der Waals surface area contributed by atoms with Crippen LogP contribution in [0.25, 0.3) is 6.08 Å². The van der Waals surface area contributed by atoms with Gasteiger partial charge in [-0.25, -0.2) is 8.42 Å². The summed E-state index contributed by atoms with van der Waals surface area (Å²) in [5.74, 6) is -0.415. The lowest BCUT2D eigenvalue weighted by molar-refractivity contribution is 0.0942. The van der Waals surface area contributed by atoms with Gasteiger partial charge in [0.05, 0.1) is 12.7 Å². The minimum absolute atomic E-state index is 0.111. The molecule has 2 aromatic rings. The summed E-state index contributed by atoms with van der Waals surface area (Å²) in [5.41, 5.74) is 2.94. The van der Waals surface area contributed by atoms with Crippen molar-refractivity contribution in [2.45, 2.75) is 0 Å². The van der Waals surface area contributed by atoms with Crippen molar-refractivity contribution in [2.75, 3.05) is 7.11 Å². The molecule has 8 heteroatoms. The Hall–Kier alpha value is -2.35. The van der Waals surface area contributed by atoms with E-state index in [1.165, 1.54) is 25.3 Å². The molecule has 0 fully saturated rings. The summed E-state index contributed by atoms with van der Waals surface area (Å²) >= 11 is 5.84. The summed E-state index contributed by atoms with van der Waals surface area (Å²) in [5, 5.41) is 1.28. The Balaban J connectivity index is 2.05. The van der Waals surface area contributed by atoms with E-state index in [-0.39, 0.29) is 11.3 Å². The second-order valence-corrected chi connectivity index (χ2v) is 6.66. The molecule has 0 aliphatic heterocycles. The van der Waals surface area contributed by atoms with Crippen molar-refractivity contribution in [1.82, 2.24) is 10.3 Å². The Morgan fingerprint density at radius 1 is 1.17 bits per heavy atom. The highest BCUT2D eigenvalue weighted by Crippen LogP contribution is 2.22. The fourth-order valence-corrected chi connectivity index (χ4v) is 2.62. The van der Waals surface area contributed by atoms with E-state index in [1.54, 1.807) is 30.3 Å². The third-order valence-corrected chi connectivity index (χ3v) is 4.07. The van der Waals surface area contributed by atoms with Crippen molar-refractivity contribution >= 4 is 33.6 Å². The number of carbonyl (C=O) groups is 1. The molecule has 0 heterocycles. The van der Waals surface area contributed by atoms with E-state index in [4.69, 9.17) is 16.3 Å². The van der Waals surface area contributed by atoms with Crippen molar-refractivity contribution in [3.63, 3.8) is 0 Å². The van der Waals surface area contributed by atoms with E-state index < -0.39 is 15.9 Å². The van der Waals surface area contributed by atoms with Gasteiger partial charge >= 0.3 is 0 Å². The number of hydrazine groups is 1. The van der Waals surface area contributed by atoms with E-state index in [1.807, 2.05) is 10.9 Å². The van der Waals surface area contributed by atoms with Crippen molar-refractivity contribution in [2.24, 2.45) is 0 Å². The highest BCUT2D eigenvalue weighted by Gasteiger charge is 2.15.